The number of amidine groups is 1. The number of amides is 2. The number of hydrogen-bond acceptors (Lipinski definition) is 4. The van der Waals surface area contributed by atoms with Crippen molar-refractivity contribution in [1.29, 1.82) is 5.41 Å². The minimum absolute atomic E-state index is 0.0594. The van der Waals surface area contributed by atoms with Crippen molar-refractivity contribution in [2.45, 2.75) is 37.8 Å². The largest absolute Gasteiger partial charge is 0.384 e. The van der Waals surface area contributed by atoms with Crippen LogP contribution in [0.5, 0.6) is 0 Å². The number of nitrogens with two attached hydrogens (primary N) is 1. The highest BCUT2D eigenvalue weighted by Crippen LogP contribution is 2.51. The van der Waals surface area contributed by atoms with Crippen molar-refractivity contribution in [1.82, 2.24) is 10.2 Å². The fourth-order valence-corrected chi connectivity index (χ4v) is 6.19. The first-order chi connectivity index (χ1) is 18.1. The summed E-state index contributed by atoms with van der Waals surface area (Å²) in [5.41, 5.74) is 7.31. The molecule has 2 unspecified atom stereocenters. The molecule has 2 aliphatic rings. The first-order valence-electron chi connectivity index (χ1n) is 12.3. The predicted octanol–water partition coefficient (Wildman–Crippen LogP) is 4.76. The van der Waals surface area contributed by atoms with Crippen LogP contribution in [0.25, 0.3) is 11.1 Å². The SMILES string of the molecule is C[C@@H](NC(=O)C1CC(CF)CN1C(=O)Cc1ccc2c(c1)-c1ccccc1C2(F)F)c1cc(C(=N)N)cs1. The van der Waals surface area contributed by atoms with Gasteiger partial charge in [-0.2, -0.15) is 8.78 Å². The molecule has 5 rings (SSSR count). The molecule has 198 valence electrons. The average Bonchev–Trinajstić information content (AvgIpc) is 3.61. The molecule has 3 aromatic rings. The van der Waals surface area contributed by atoms with Crippen LogP contribution < -0.4 is 11.1 Å². The minimum Gasteiger partial charge on any atom is -0.384 e. The Bertz CT molecular complexity index is 1420. The molecule has 0 spiro atoms. The molecule has 0 saturated carbocycles. The van der Waals surface area contributed by atoms with Crippen molar-refractivity contribution >= 4 is 29.0 Å². The smallest absolute Gasteiger partial charge is 0.299 e. The number of benzene rings is 2. The summed E-state index contributed by atoms with van der Waals surface area (Å²) in [4.78, 5) is 28.7. The van der Waals surface area contributed by atoms with Gasteiger partial charge in [0.2, 0.25) is 11.8 Å². The van der Waals surface area contributed by atoms with Crippen molar-refractivity contribution < 1.29 is 22.8 Å². The third kappa shape index (κ3) is 4.57. The van der Waals surface area contributed by atoms with Crippen molar-refractivity contribution in [3.8, 4) is 11.1 Å². The number of carbonyl (C=O) groups is 2. The summed E-state index contributed by atoms with van der Waals surface area (Å²) < 4.78 is 43.4. The molecule has 2 aromatic carbocycles. The number of carbonyl (C=O) groups excluding carboxylic acids is 2. The van der Waals surface area contributed by atoms with E-state index in [2.05, 4.69) is 5.32 Å². The van der Waals surface area contributed by atoms with E-state index in [0.717, 1.165) is 4.88 Å². The Balaban J connectivity index is 1.32. The van der Waals surface area contributed by atoms with Crippen LogP contribution >= 0.6 is 11.3 Å². The van der Waals surface area contributed by atoms with Crippen molar-refractivity contribution in [3.05, 3.63) is 81.0 Å². The van der Waals surface area contributed by atoms with Gasteiger partial charge in [0.25, 0.3) is 5.92 Å². The topological polar surface area (TPSA) is 99.3 Å². The van der Waals surface area contributed by atoms with Crippen LogP contribution in [0.15, 0.2) is 53.9 Å². The van der Waals surface area contributed by atoms with Gasteiger partial charge in [0.1, 0.15) is 11.9 Å². The Hall–Kier alpha value is -3.66. The van der Waals surface area contributed by atoms with Crippen molar-refractivity contribution in [2.75, 3.05) is 13.2 Å². The number of alkyl halides is 3. The number of hydrogen-bond donors (Lipinski definition) is 3. The molecule has 3 atom stereocenters. The van der Waals surface area contributed by atoms with Gasteiger partial charge in [-0.1, -0.05) is 42.5 Å². The predicted molar refractivity (Wildman–Crippen MR) is 140 cm³/mol. The van der Waals surface area contributed by atoms with Crippen LogP contribution in [-0.4, -0.2) is 41.8 Å². The molecule has 1 aliphatic heterocycles. The lowest BCUT2D eigenvalue weighted by Crippen LogP contribution is -2.47. The summed E-state index contributed by atoms with van der Waals surface area (Å²) in [5.74, 6) is -4.38. The minimum atomic E-state index is -3.11. The maximum Gasteiger partial charge on any atom is 0.299 e. The number of rotatable bonds is 7. The Morgan fingerprint density at radius 2 is 1.92 bits per heavy atom. The summed E-state index contributed by atoms with van der Waals surface area (Å²) >= 11 is 1.36. The van der Waals surface area contributed by atoms with E-state index in [4.69, 9.17) is 11.1 Å². The van der Waals surface area contributed by atoms with E-state index in [1.54, 1.807) is 42.6 Å². The van der Waals surface area contributed by atoms with Gasteiger partial charge in [-0.15, -0.1) is 11.3 Å². The second kappa shape index (κ2) is 9.90. The number of nitrogens with one attached hydrogen (secondary N) is 2. The molecule has 10 heteroatoms. The summed E-state index contributed by atoms with van der Waals surface area (Å²) in [6, 6.07) is 11.3. The Morgan fingerprint density at radius 3 is 2.63 bits per heavy atom. The highest BCUT2D eigenvalue weighted by molar-refractivity contribution is 7.10. The summed E-state index contributed by atoms with van der Waals surface area (Å²) in [7, 11) is 0. The molecule has 6 nitrogen and oxygen atoms in total. The van der Waals surface area contributed by atoms with Crippen LogP contribution in [0, 0.1) is 11.3 Å². The van der Waals surface area contributed by atoms with E-state index < -0.39 is 24.6 Å². The molecule has 2 heterocycles. The molecular weight excluding hydrogens is 513 g/mol. The number of thiophene rings is 1. The van der Waals surface area contributed by atoms with E-state index >= 15 is 0 Å². The number of halogens is 3. The van der Waals surface area contributed by atoms with Crippen LogP contribution in [-0.2, 0) is 21.9 Å². The molecule has 1 saturated heterocycles. The zero-order chi connectivity index (χ0) is 27.2. The highest BCUT2D eigenvalue weighted by atomic mass is 32.1. The van der Waals surface area contributed by atoms with E-state index in [9.17, 15) is 22.8 Å². The number of nitrogen functional groups attached to an aromatic ring is 1. The van der Waals surface area contributed by atoms with Gasteiger partial charge in [0.15, 0.2) is 0 Å². The van der Waals surface area contributed by atoms with E-state index in [-0.39, 0.29) is 54.2 Å². The molecule has 2 amide bonds. The zero-order valence-electron chi connectivity index (χ0n) is 20.6. The second-order valence-electron chi connectivity index (χ2n) is 9.88. The standard InChI is InChI=1S/C28H27F3N4O2S/c1-15(24-11-18(14-38-24)26(32)33)34-27(37)23-9-17(12-29)13-35(23)25(36)10-16-6-7-22-20(8-16)19-4-2-3-5-21(19)28(22,30)31/h2-8,11,14-15,17,23H,9-10,12-13H2,1H3,(H3,32,33)(H,34,37)/t15-,17?,23?/m1/s1. The quantitative estimate of drug-likeness (QED) is 0.298. The molecule has 1 fully saturated rings. The van der Waals surface area contributed by atoms with Gasteiger partial charge >= 0.3 is 0 Å². The lowest BCUT2D eigenvalue weighted by Gasteiger charge is -2.25. The van der Waals surface area contributed by atoms with Crippen molar-refractivity contribution in [3.63, 3.8) is 0 Å². The molecule has 1 aliphatic carbocycles. The highest BCUT2D eigenvalue weighted by Gasteiger charge is 2.44. The lowest BCUT2D eigenvalue weighted by atomic mass is 10.0. The average molecular weight is 541 g/mol. The fraction of sp³-hybridized carbons (Fsp3) is 0.321. The molecule has 1 aromatic heterocycles. The third-order valence-corrected chi connectivity index (χ3v) is 8.39. The van der Waals surface area contributed by atoms with Gasteiger partial charge in [0, 0.05) is 39.4 Å². The first kappa shape index (κ1) is 26.0. The maximum absolute atomic E-state index is 14.9. The second-order valence-corrected chi connectivity index (χ2v) is 10.8. The Labute approximate surface area is 222 Å². The van der Waals surface area contributed by atoms with Gasteiger partial charge in [-0.25, -0.2) is 0 Å². The molecule has 4 N–H and O–H groups in total. The van der Waals surface area contributed by atoms with Crippen LogP contribution in [0.2, 0.25) is 0 Å². The van der Waals surface area contributed by atoms with Gasteiger partial charge in [0.05, 0.1) is 19.1 Å². The Morgan fingerprint density at radius 1 is 1.18 bits per heavy atom. The monoisotopic (exact) mass is 540 g/mol. The van der Waals surface area contributed by atoms with Crippen LogP contribution in [0.3, 0.4) is 0 Å². The van der Waals surface area contributed by atoms with Gasteiger partial charge in [-0.3, -0.25) is 19.4 Å². The first-order valence-corrected chi connectivity index (χ1v) is 13.2. The fourth-order valence-electron chi connectivity index (χ4n) is 5.27. The number of likely N-dealkylation sites (tertiary alicyclic amines) is 1. The normalized spacial score (nSPS) is 20.1. The molecule has 38 heavy (non-hydrogen) atoms. The van der Waals surface area contributed by atoms with Crippen molar-refractivity contribution in [2.24, 2.45) is 11.7 Å². The van der Waals surface area contributed by atoms with Crippen LogP contribution in [0.1, 0.15) is 46.5 Å². The van der Waals surface area contributed by atoms with Gasteiger partial charge in [-0.05, 0) is 36.1 Å². The lowest BCUT2D eigenvalue weighted by molar-refractivity contribution is -0.138. The van der Waals surface area contributed by atoms with Crippen LogP contribution in [0.4, 0.5) is 13.2 Å². The number of fused-ring (bicyclic) bond motifs is 3. The summed E-state index contributed by atoms with van der Waals surface area (Å²) in [6.07, 6.45) is 0.111. The number of nitrogens with zero attached hydrogens (tertiary/aromatic N) is 1. The zero-order valence-corrected chi connectivity index (χ0v) is 21.5. The van der Waals surface area contributed by atoms with E-state index in [0.29, 0.717) is 22.3 Å². The molecular formula is C28H27F3N4O2S. The molecule has 0 bridgehead atoms. The van der Waals surface area contributed by atoms with Gasteiger partial charge < -0.3 is 16.0 Å². The maximum atomic E-state index is 14.9. The van der Waals surface area contributed by atoms with E-state index in [1.807, 2.05) is 0 Å². The molecule has 0 radical (unpaired) electrons. The summed E-state index contributed by atoms with van der Waals surface area (Å²) in [6.45, 7) is 1.25. The summed E-state index contributed by atoms with van der Waals surface area (Å²) in [5, 5.41) is 12.2. The third-order valence-electron chi connectivity index (χ3n) is 7.28. The van der Waals surface area contributed by atoms with E-state index in [1.165, 1.54) is 34.4 Å². The Kier molecular flexibility index (Phi) is 6.77.